The van der Waals surface area contributed by atoms with Crippen LogP contribution in [0.2, 0.25) is 0 Å². The van der Waals surface area contributed by atoms with Gasteiger partial charge in [0.15, 0.2) is 11.5 Å². The third-order valence-electron chi connectivity index (χ3n) is 6.53. The number of aliphatic carboxylic acids is 1. The zero-order valence-corrected chi connectivity index (χ0v) is 19.1. The van der Waals surface area contributed by atoms with E-state index in [9.17, 15) is 14.7 Å². The van der Waals surface area contributed by atoms with Gasteiger partial charge in [-0.1, -0.05) is 25.1 Å². The van der Waals surface area contributed by atoms with Gasteiger partial charge in [0.1, 0.15) is 5.75 Å². The Bertz CT molecular complexity index is 1010. The molecule has 2 aliphatic rings. The lowest BCUT2D eigenvalue weighted by Gasteiger charge is -2.27. The molecule has 33 heavy (non-hydrogen) atoms. The van der Waals surface area contributed by atoms with Crippen LogP contribution >= 0.6 is 0 Å². The van der Waals surface area contributed by atoms with E-state index in [1.165, 1.54) is 0 Å². The fourth-order valence-corrected chi connectivity index (χ4v) is 4.68. The number of benzene rings is 2. The second kappa shape index (κ2) is 9.70. The van der Waals surface area contributed by atoms with Crippen molar-refractivity contribution < 1.29 is 28.9 Å². The standard InChI is InChI=1S/C25H30N2O6/c1-4-15(2)26-22(28)13-27-12-19(16-5-8-18(31-3)9-6-16)23(25(29)30)24(27)17-7-10-20-21(11-17)33-14-32-20/h5-11,15,19,23-24H,4,12-14H2,1-3H3,(H,26,28)(H,29,30). The Morgan fingerprint density at radius 3 is 2.52 bits per heavy atom. The smallest absolute Gasteiger partial charge is 0.309 e. The number of methoxy groups -OCH3 is 1. The Balaban J connectivity index is 1.70. The van der Waals surface area contributed by atoms with E-state index in [0.717, 1.165) is 17.5 Å². The van der Waals surface area contributed by atoms with Crippen LogP contribution in [0.5, 0.6) is 17.2 Å². The van der Waals surface area contributed by atoms with E-state index >= 15 is 0 Å². The summed E-state index contributed by atoms with van der Waals surface area (Å²) in [6.07, 6.45) is 0.823. The van der Waals surface area contributed by atoms with Crippen molar-refractivity contribution in [2.24, 2.45) is 5.92 Å². The van der Waals surface area contributed by atoms with Gasteiger partial charge in [-0.05, 0) is 48.7 Å². The number of nitrogens with one attached hydrogen (secondary N) is 1. The number of amides is 1. The number of carboxylic acid groups (broad SMARTS) is 1. The lowest BCUT2D eigenvalue weighted by Crippen LogP contribution is -2.41. The van der Waals surface area contributed by atoms with Crippen LogP contribution in [0.3, 0.4) is 0 Å². The van der Waals surface area contributed by atoms with Gasteiger partial charge in [-0.25, -0.2) is 0 Å². The highest BCUT2D eigenvalue weighted by Gasteiger charge is 2.48. The zero-order valence-electron chi connectivity index (χ0n) is 19.1. The molecule has 1 fully saturated rings. The predicted octanol–water partition coefficient (Wildman–Crippen LogP) is 3.18. The van der Waals surface area contributed by atoms with Crippen molar-refractivity contribution in [1.82, 2.24) is 10.2 Å². The predicted molar refractivity (Wildman–Crippen MR) is 122 cm³/mol. The van der Waals surface area contributed by atoms with Gasteiger partial charge in [0, 0.05) is 24.5 Å². The first-order chi connectivity index (χ1) is 15.9. The second-order valence-electron chi connectivity index (χ2n) is 8.61. The minimum absolute atomic E-state index is 0.0525. The molecule has 0 aromatic heterocycles. The van der Waals surface area contributed by atoms with Crippen LogP contribution < -0.4 is 19.5 Å². The highest BCUT2D eigenvalue weighted by atomic mass is 16.7. The SMILES string of the molecule is CCC(C)NC(=O)CN1CC(c2ccc(OC)cc2)C(C(=O)O)C1c1ccc2c(c1)OCO2. The van der Waals surface area contributed by atoms with Crippen molar-refractivity contribution in [3.63, 3.8) is 0 Å². The van der Waals surface area contributed by atoms with E-state index in [-0.39, 0.29) is 31.2 Å². The number of carbonyl (C=O) groups excluding carboxylic acids is 1. The highest BCUT2D eigenvalue weighted by molar-refractivity contribution is 5.79. The molecule has 1 saturated heterocycles. The monoisotopic (exact) mass is 454 g/mol. The molecule has 4 rings (SSSR count). The molecule has 8 heteroatoms. The molecule has 4 atom stereocenters. The lowest BCUT2D eigenvalue weighted by molar-refractivity contribution is -0.143. The third-order valence-corrected chi connectivity index (χ3v) is 6.53. The van der Waals surface area contributed by atoms with Crippen molar-refractivity contribution in [3.8, 4) is 17.2 Å². The molecule has 2 N–H and O–H groups in total. The van der Waals surface area contributed by atoms with Gasteiger partial charge in [0.25, 0.3) is 0 Å². The van der Waals surface area contributed by atoms with Crippen molar-refractivity contribution in [1.29, 1.82) is 0 Å². The Morgan fingerprint density at radius 1 is 1.15 bits per heavy atom. The topological polar surface area (TPSA) is 97.3 Å². The Hall–Kier alpha value is -3.26. The van der Waals surface area contributed by atoms with Crippen LogP contribution in [-0.4, -0.2) is 54.9 Å². The molecule has 0 radical (unpaired) electrons. The molecule has 0 aliphatic carbocycles. The molecular formula is C25H30N2O6. The number of likely N-dealkylation sites (tertiary alicyclic amines) is 1. The highest BCUT2D eigenvalue weighted by Crippen LogP contribution is 2.47. The molecular weight excluding hydrogens is 424 g/mol. The first-order valence-electron chi connectivity index (χ1n) is 11.2. The molecule has 0 saturated carbocycles. The molecule has 0 spiro atoms. The van der Waals surface area contributed by atoms with Crippen LogP contribution in [0.4, 0.5) is 0 Å². The molecule has 4 unspecified atom stereocenters. The average molecular weight is 455 g/mol. The molecule has 2 aliphatic heterocycles. The van der Waals surface area contributed by atoms with Crippen LogP contribution in [-0.2, 0) is 9.59 Å². The number of fused-ring (bicyclic) bond motifs is 1. The Kier molecular flexibility index (Phi) is 6.74. The van der Waals surface area contributed by atoms with Crippen molar-refractivity contribution in [3.05, 3.63) is 53.6 Å². The number of ether oxygens (including phenoxy) is 3. The van der Waals surface area contributed by atoms with Crippen LogP contribution in [0.15, 0.2) is 42.5 Å². The molecule has 176 valence electrons. The van der Waals surface area contributed by atoms with E-state index in [2.05, 4.69) is 5.32 Å². The zero-order chi connectivity index (χ0) is 23.5. The number of carboxylic acids is 1. The first-order valence-corrected chi connectivity index (χ1v) is 11.2. The summed E-state index contributed by atoms with van der Waals surface area (Å²) >= 11 is 0. The fraction of sp³-hybridized carbons (Fsp3) is 0.440. The van der Waals surface area contributed by atoms with Crippen LogP contribution in [0.25, 0.3) is 0 Å². The summed E-state index contributed by atoms with van der Waals surface area (Å²) in [6, 6.07) is 12.5. The van der Waals surface area contributed by atoms with Gasteiger partial charge >= 0.3 is 5.97 Å². The van der Waals surface area contributed by atoms with Crippen molar-refractivity contribution >= 4 is 11.9 Å². The summed E-state index contributed by atoms with van der Waals surface area (Å²) in [5.74, 6) is -0.112. The molecule has 2 heterocycles. The van der Waals surface area contributed by atoms with Crippen molar-refractivity contribution in [2.45, 2.75) is 38.3 Å². The molecule has 1 amide bonds. The maximum absolute atomic E-state index is 12.8. The summed E-state index contributed by atoms with van der Waals surface area (Å²) in [5, 5.41) is 13.3. The first kappa shape index (κ1) is 22.9. The third kappa shape index (κ3) is 4.75. The van der Waals surface area contributed by atoms with Gasteiger partial charge in [-0.2, -0.15) is 0 Å². The van der Waals surface area contributed by atoms with Gasteiger partial charge in [-0.15, -0.1) is 0 Å². The maximum atomic E-state index is 12.8. The van der Waals surface area contributed by atoms with Crippen LogP contribution in [0.1, 0.15) is 43.4 Å². The summed E-state index contributed by atoms with van der Waals surface area (Å²) < 4.78 is 16.2. The minimum Gasteiger partial charge on any atom is -0.497 e. The van der Waals surface area contributed by atoms with E-state index in [1.54, 1.807) is 13.2 Å². The van der Waals surface area contributed by atoms with Gasteiger partial charge < -0.3 is 24.6 Å². The quantitative estimate of drug-likeness (QED) is 0.632. The number of hydrogen-bond donors (Lipinski definition) is 2. The molecule has 2 aromatic rings. The lowest BCUT2D eigenvalue weighted by atomic mass is 9.83. The van der Waals surface area contributed by atoms with Gasteiger partial charge in [0.2, 0.25) is 12.7 Å². The van der Waals surface area contributed by atoms with E-state index in [4.69, 9.17) is 14.2 Å². The molecule has 2 aromatic carbocycles. The largest absolute Gasteiger partial charge is 0.497 e. The average Bonchev–Trinajstić information content (AvgIpc) is 3.43. The summed E-state index contributed by atoms with van der Waals surface area (Å²) in [4.78, 5) is 27.3. The second-order valence-corrected chi connectivity index (χ2v) is 8.61. The summed E-state index contributed by atoms with van der Waals surface area (Å²) in [5.41, 5.74) is 1.69. The van der Waals surface area contributed by atoms with E-state index < -0.39 is 17.9 Å². The summed E-state index contributed by atoms with van der Waals surface area (Å²) in [6.45, 7) is 4.66. The Labute approximate surface area is 193 Å². The Morgan fingerprint density at radius 2 is 1.85 bits per heavy atom. The number of rotatable bonds is 8. The minimum atomic E-state index is -0.900. The normalized spacial score (nSPS) is 22.7. The maximum Gasteiger partial charge on any atom is 0.309 e. The van der Waals surface area contributed by atoms with Crippen molar-refractivity contribution in [2.75, 3.05) is 27.0 Å². The van der Waals surface area contributed by atoms with E-state index in [1.807, 2.05) is 55.1 Å². The number of nitrogens with zero attached hydrogens (tertiary/aromatic N) is 1. The molecule has 8 nitrogen and oxygen atoms in total. The molecule has 0 bridgehead atoms. The van der Waals surface area contributed by atoms with Crippen LogP contribution in [0, 0.1) is 5.92 Å². The number of hydrogen-bond acceptors (Lipinski definition) is 6. The number of carbonyl (C=O) groups is 2. The fourth-order valence-electron chi connectivity index (χ4n) is 4.68. The van der Waals surface area contributed by atoms with Gasteiger partial charge in [-0.3, -0.25) is 14.5 Å². The van der Waals surface area contributed by atoms with E-state index in [0.29, 0.717) is 23.8 Å². The van der Waals surface area contributed by atoms with Gasteiger partial charge in [0.05, 0.1) is 19.6 Å². The summed E-state index contributed by atoms with van der Waals surface area (Å²) in [7, 11) is 1.60.